The van der Waals surface area contributed by atoms with Gasteiger partial charge in [0, 0.05) is 0 Å². The third-order valence-corrected chi connectivity index (χ3v) is 4.75. The quantitative estimate of drug-likeness (QED) is 0.724. The lowest BCUT2D eigenvalue weighted by Crippen LogP contribution is -2.23. The molecule has 1 atom stereocenters. The molecule has 1 unspecified atom stereocenters. The van der Waals surface area contributed by atoms with Crippen molar-refractivity contribution < 1.29 is 4.79 Å². The van der Waals surface area contributed by atoms with Crippen molar-refractivity contribution in [1.82, 2.24) is 24.5 Å². The third-order valence-electron chi connectivity index (χ3n) is 3.83. The first-order chi connectivity index (χ1) is 11.9. The van der Waals surface area contributed by atoms with Crippen LogP contribution < -0.4 is 11.1 Å². The summed E-state index contributed by atoms with van der Waals surface area (Å²) >= 11 is 1.49. The number of fused-ring (bicyclic) bond motifs is 1. The van der Waals surface area contributed by atoms with Crippen LogP contribution in [-0.4, -0.2) is 30.4 Å². The molecule has 3 aromatic rings. The fraction of sp³-hybridized carbons (Fsp3) is 0.438. The van der Waals surface area contributed by atoms with Crippen LogP contribution in [0.15, 0.2) is 12.7 Å². The van der Waals surface area contributed by atoms with Crippen molar-refractivity contribution >= 4 is 39.2 Å². The van der Waals surface area contributed by atoms with Gasteiger partial charge in [0.05, 0.1) is 17.0 Å². The van der Waals surface area contributed by atoms with Crippen molar-refractivity contribution in [2.24, 2.45) is 5.92 Å². The molecule has 0 saturated carbocycles. The summed E-state index contributed by atoms with van der Waals surface area (Å²) in [5.74, 6) is 0.616. The first-order valence-corrected chi connectivity index (χ1v) is 8.88. The van der Waals surface area contributed by atoms with E-state index in [1.54, 1.807) is 17.8 Å². The number of amides is 1. The molecule has 0 bridgehead atoms. The maximum atomic E-state index is 12.7. The highest BCUT2D eigenvalue weighted by Crippen LogP contribution is 2.28. The number of nitrogen functional groups attached to an aromatic ring is 1. The minimum absolute atomic E-state index is 0.148. The molecule has 3 aromatic heterocycles. The average Bonchev–Trinajstić information content (AvgIpc) is 3.11. The van der Waals surface area contributed by atoms with Crippen LogP contribution in [-0.2, 0) is 11.2 Å². The number of carbonyl (C=O) groups is 1. The Labute approximate surface area is 149 Å². The Hall–Kier alpha value is -2.55. The number of imidazole rings is 1. The second-order valence-corrected chi connectivity index (χ2v) is 7.56. The van der Waals surface area contributed by atoms with Gasteiger partial charge in [-0.15, -0.1) is 11.3 Å². The Morgan fingerprint density at radius 1 is 1.32 bits per heavy atom. The number of aromatic nitrogens is 5. The van der Waals surface area contributed by atoms with Crippen LogP contribution in [0.3, 0.4) is 0 Å². The van der Waals surface area contributed by atoms with E-state index in [1.165, 1.54) is 17.7 Å². The molecule has 0 aliphatic rings. The average molecular weight is 359 g/mol. The van der Waals surface area contributed by atoms with Gasteiger partial charge < -0.3 is 15.6 Å². The van der Waals surface area contributed by atoms with Crippen LogP contribution in [0.1, 0.15) is 37.5 Å². The molecule has 9 heteroatoms. The lowest BCUT2D eigenvalue weighted by molar-refractivity contribution is -0.118. The normalized spacial score (nSPS) is 12.7. The molecular formula is C16H21N7OS. The number of rotatable bonds is 5. The van der Waals surface area contributed by atoms with E-state index in [-0.39, 0.29) is 5.91 Å². The number of nitrogens with two attached hydrogens (primary N) is 1. The third kappa shape index (κ3) is 3.46. The first-order valence-electron chi connectivity index (χ1n) is 8.07. The van der Waals surface area contributed by atoms with Gasteiger partial charge in [0.25, 0.3) is 0 Å². The second-order valence-electron chi connectivity index (χ2n) is 6.35. The van der Waals surface area contributed by atoms with E-state index in [0.29, 0.717) is 22.9 Å². The van der Waals surface area contributed by atoms with Crippen molar-refractivity contribution in [3.63, 3.8) is 0 Å². The molecule has 0 aromatic carbocycles. The number of anilines is 2. The number of hydrogen-bond acceptors (Lipinski definition) is 7. The van der Waals surface area contributed by atoms with Gasteiger partial charge in [-0.3, -0.25) is 4.79 Å². The van der Waals surface area contributed by atoms with Gasteiger partial charge in [-0.1, -0.05) is 13.8 Å². The van der Waals surface area contributed by atoms with Crippen LogP contribution in [0.25, 0.3) is 11.2 Å². The van der Waals surface area contributed by atoms with Gasteiger partial charge in [0.2, 0.25) is 5.91 Å². The number of nitrogens with zero attached hydrogens (tertiary/aromatic N) is 5. The fourth-order valence-corrected chi connectivity index (χ4v) is 3.44. The molecule has 0 aliphatic carbocycles. The summed E-state index contributed by atoms with van der Waals surface area (Å²) in [6.45, 7) is 8.00. The van der Waals surface area contributed by atoms with E-state index in [4.69, 9.17) is 5.73 Å². The number of carbonyl (C=O) groups excluding carboxylic acids is 1. The Morgan fingerprint density at radius 3 is 2.80 bits per heavy atom. The van der Waals surface area contributed by atoms with E-state index in [2.05, 4.69) is 39.1 Å². The van der Waals surface area contributed by atoms with Crippen LogP contribution in [0.2, 0.25) is 0 Å². The highest BCUT2D eigenvalue weighted by atomic mass is 32.1. The molecule has 0 radical (unpaired) electrons. The van der Waals surface area contributed by atoms with E-state index >= 15 is 0 Å². The topological polar surface area (TPSA) is 112 Å². The smallest absolute Gasteiger partial charge is 0.247 e. The zero-order valence-corrected chi connectivity index (χ0v) is 15.5. The summed E-state index contributed by atoms with van der Waals surface area (Å²) in [5, 5.41) is 4.74. The second kappa shape index (κ2) is 6.75. The Balaban J connectivity index is 1.85. The number of thiazole rings is 1. The standard InChI is InChI=1S/C16H21N7OS/c1-8(2)5-11-16(25-10(4)21-11)22-15(24)9(3)23-7-20-12-13(17)18-6-19-14(12)23/h6-9H,5H2,1-4H3,(H,22,24)(H2,17,18,19). The minimum Gasteiger partial charge on any atom is -0.382 e. The largest absolute Gasteiger partial charge is 0.382 e. The fourth-order valence-electron chi connectivity index (χ4n) is 2.59. The molecule has 132 valence electrons. The molecular weight excluding hydrogens is 338 g/mol. The summed E-state index contributed by atoms with van der Waals surface area (Å²) in [4.78, 5) is 29.6. The SMILES string of the molecule is Cc1nc(CC(C)C)c(NC(=O)C(C)n2cnc3c(N)ncnc32)s1. The summed E-state index contributed by atoms with van der Waals surface area (Å²) in [5.41, 5.74) is 7.77. The maximum absolute atomic E-state index is 12.7. The van der Waals surface area contributed by atoms with E-state index in [0.717, 1.165) is 22.1 Å². The molecule has 3 rings (SSSR count). The Morgan fingerprint density at radius 2 is 2.08 bits per heavy atom. The van der Waals surface area contributed by atoms with Gasteiger partial charge in [-0.2, -0.15) is 0 Å². The Bertz CT molecular complexity index is 914. The number of nitrogens with one attached hydrogen (secondary N) is 1. The first kappa shape index (κ1) is 17.3. The summed E-state index contributed by atoms with van der Waals surface area (Å²) in [6, 6.07) is -0.492. The van der Waals surface area contributed by atoms with Gasteiger partial charge in [0.15, 0.2) is 11.5 Å². The number of aryl methyl sites for hydroxylation is 1. The van der Waals surface area contributed by atoms with Gasteiger partial charge >= 0.3 is 0 Å². The molecule has 0 fully saturated rings. The molecule has 0 saturated heterocycles. The minimum atomic E-state index is -0.492. The van der Waals surface area contributed by atoms with Gasteiger partial charge in [0.1, 0.15) is 22.9 Å². The predicted molar refractivity (Wildman–Crippen MR) is 98.5 cm³/mol. The van der Waals surface area contributed by atoms with E-state index in [1.807, 2.05) is 6.92 Å². The van der Waals surface area contributed by atoms with Crippen LogP contribution in [0.5, 0.6) is 0 Å². The van der Waals surface area contributed by atoms with Gasteiger partial charge in [-0.25, -0.2) is 19.9 Å². The van der Waals surface area contributed by atoms with Crippen molar-refractivity contribution in [1.29, 1.82) is 0 Å². The van der Waals surface area contributed by atoms with Crippen molar-refractivity contribution in [3.8, 4) is 0 Å². The lowest BCUT2D eigenvalue weighted by Gasteiger charge is -2.14. The van der Waals surface area contributed by atoms with E-state index in [9.17, 15) is 4.79 Å². The van der Waals surface area contributed by atoms with Gasteiger partial charge in [-0.05, 0) is 26.2 Å². The number of hydrogen-bond donors (Lipinski definition) is 2. The maximum Gasteiger partial charge on any atom is 0.247 e. The van der Waals surface area contributed by atoms with Crippen LogP contribution in [0, 0.1) is 12.8 Å². The molecule has 25 heavy (non-hydrogen) atoms. The predicted octanol–water partition coefficient (Wildman–Crippen LogP) is 2.57. The zero-order valence-electron chi connectivity index (χ0n) is 14.6. The van der Waals surface area contributed by atoms with Crippen molar-refractivity contribution in [2.75, 3.05) is 11.1 Å². The van der Waals surface area contributed by atoms with Crippen molar-refractivity contribution in [2.45, 2.75) is 40.2 Å². The summed E-state index contributed by atoms with van der Waals surface area (Å²) < 4.78 is 1.69. The summed E-state index contributed by atoms with van der Waals surface area (Å²) in [7, 11) is 0. The molecule has 3 heterocycles. The molecule has 8 nitrogen and oxygen atoms in total. The zero-order chi connectivity index (χ0) is 18.1. The van der Waals surface area contributed by atoms with Crippen molar-refractivity contribution in [3.05, 3.63) is 23.4 Å². The monoisotopic (exact) mass is 359 g/mol. The molecule has 3 N–H and O–H groups in total. The van der Waals surface area contributed by atoms with Crippen LogP contribution in [0.4, 0.5) is 10.8 Å². The van der Waals surface area contributed by atoms with E-state index < -0.39 is 6.04 Å². The molecule has 0 spiro atoms. The highest BCUT2D eigenvalue weighted by molar-refractivity contribution is 7.16. The lowest BCUT2D eigenvalue weighted by atomic mass is 10.1. The molecule has 0 aliphatic heterocycles. The summed E-state index contributed by atoms with van der Waals surface area (Å²) in [6.07, 6.45) is 3.76. The molecule has 1 amide bonds. The Kier molecular flexibility index (Phi) is 4.67. The van der Waals surface area contributed by atoms with Crippen LogP contribution >= 0.6 is 11.3 Å². The highest BCUT2D eigenvalue weighted by Gasteiger charge is 2.21.